The number of ether oxygens (including phenoxy) is 7. The zero-order valence-electron chi connectivity index (χ0n) is 75.7. The molecule has 9 aromatic heterocycles. The van der Waals surface area contributed by atoms with Crippen LogP contribution in [0.1, 0.15) is 130 Å². The first kappa shape index (κ1) is 110. The van der Waals surface area contributed by atoms with Gasteiger partial charge in [-0.15, -0.1) is 0 Å². The van der Waals surface area contributed by atoms with Gasteiger partial charge in [0.05, 0.1) is 101 Å². The van der Waals surface area contributed by atoms with E-state index in [0.29, 0.717) is 17.6 Å². The molecular formula is C72H88N20O38P7S7-7. The van der Waals surface area contributed by atoms with Crippen LogP contribution in [0.3, 0.4) is 0 Å². The van der Waals surface area contributed by atoms with Gasteiger partial charge in [-0.1, -0.05) is 77.8 Å². The zero-order valence-corrected chi connectivity index (χ0v) is 87.7. The Bertz CT molecular complexity index is 7400. The van der Waals surface area contributed by atoms with E-state index in [2.05, 4.69) is 54.8 Å². The molecular weight excluding hydrogens is 2190 g/mol. The number of aromatic nitrogens is 18. The van der Waals surface area contributed by atoms with Crippen LogP contribution in [0.4, 0.5) is 11.6 Å². The van der Waals surface area contributed by atoms with Gasteiger partial charge >= 0.3 is 28.4 Å². The lowest BCUT2D eigenvalue weighted by molar-refractivity contribution is -0.221. The molecule has 144 heavy (non-hydrogen) atoms. The highest BCUT2D eigenvalue weighted by Crippen LogP contribution is 2.57. The van der Waals surface area contributed by atoms with E-state index in [-0.39, 0.29) is 76.3 Å². The number of aryl methyl sites for hydroxylation is 5. The van der Waals surface area contributed by atoms with Crippen molar-refractivity contribution in [2.24, 2.45) is 0 Å². The molecule has 58 nitrogen and oxygen atoms in total. The molecule has 16 heterocycles. The number of fused-ring (bicyclic) bond motifs is 2. The predicted octanol–water partition coefficient (Wildman–Crippen LogP) is -2.85. The SMILES string of the molecule is CC[C@H]1O[C@@H](n2cnc3c(N)ncnc32)CC1OP([O-])(=S)OC[C@H]1O[C@@H](n2cc(C)c(=O)[nH]c2=O)CC1OP(=O)([S-])OC[C@H]1O[C@@H](n2cnc3c(N)ncnc32)CC1OP([O-])(=S)OC[C@H]1O[C@@H](n2cc(C)c(=O)[nH]c2=O)CC1OP([O-])(=S)OC[C@H]1O[C@@H](n2cc(C)c(=O)[nH]c2=O)CC1OP([O-])(=S)OC[C@H]1O[C@@H](n2cc(C)c(=O)[nH]c2=O)CC1OP([O-])(=S)OC[C@H]1O[C@@H](n2cc(C)c(=O)[nH]c2=O)CC1OP([O-])(=S)OC. The van der Waals surface area contributed by atoms with Crippen molar-refractivity contribution in [3.05, 3.63) is 188 Å². The molecule has 14 unspecified atom stereocenters. The van der Waals surface area contributed by atoms with E-state index in [1.54, 1.807) is 11.5 Å². The number of hydrogen-bond donors (Lipinski definition) is 7. The number of nitrogens with zero attached hydrogens (tertiary/aromatic N) is 13. The Labute approximate surface area is 844 Å². The number of hydrogen-bond acceptors (Lipinski definition) is 53. The van der Waals surface area contributed by atoms with E-state index in [4.69, 9.17) is 191 Å². The normalized spacial score (nSPS) is 29.7. The van der Waals surface area contributed by atoms with Gasteiger partial charge in [-0.2, -0.15) is 0 Å². The van der Waals surface area contributed by atoms with Gasteiger partial charge in [0.25, 0.3) is 27.8 Å². The maximum absolute atomic E-state index is 15.0. The summed E-state index contributed by atoms with van der Waals surface area (Å²) in [4.78, 5) is 252. The molecule has 0 bridgehead atoms. The Morgan fingerprint density at radius 2 is 0.562 bits per heavy atom. The fraction of sp³-hybridized carbons (Fsp3) is 0.583. The van der Waals surface area contributed by atoms with Crippen molar-refractivity contribution in [2.45, 2.75) is 222 Å². The first-order valence-corrected chi connectivity index (χ1v) is 61.1. The highest BCUT2D eigenvalue weighted by molar-refractivity contribution is 8.32. The molecule has 9 N–H and O–H groups in total. The van der Waals surface area contributed by atoms with Gasteiger partial charge in [-0.25, -0.2) is 53.9 Å². The number of H-pyrrole nitrogens is 5. The Balaban J connectivity index is 0.605. The average Bonchev–Trinajstić information content (AvgIpc) is 1.60. The number of imidazole rings is 2. The van der Waals surface area contributed by atoms with Crippen molar-refractivity contribution in [1.82, 2.24) is 86.8 Å². The summed E-state index contributed by atoms with van der Waals surface area (Å²) >= 11 is 37.8. The fourth-order valence-corrected chi connectivity index (χ4v) is 26.4. The van der Waals surface area contributed by atoms with Gasteiger partial charge in [-0.05, 0) is 41.0 Å². The van der Waals surface area contributed by atoms with Crippen LogP contribution in [0, 0.1) is 34.6 Å². The highest BCUT2D eigenvalue weighted by atomic mass is 32.7. The maximum Gasteiger partial charge on any atom is 0.330 e. The number of aromatic amines is 5. The molecule has 7 saturated heterocycles. The van der Waals surface area contributed by atoms with Gasteiger partial charge in [0, 0.05) is 111 Å². The van der Waals surface area contributed by atoms with Crippen molar-refractivity contribution < 1.29 is 130 Å². The minimum Gasteiger partial charge on any atom is -0.780 e. The number of nitrogen functional groups attached to an aromatic ring is 2. The number of nitrogens with two attached hydrogens (primary N) is 2. The minimum absolute atomic E-state index is 0.00720. The highest BCUT2D eigenvalue weighted by Gasteiger charge is 2.49. The van der Waals surface area contributed by atoms with Crippen LogP contribution in [0.25, 0.3) is 22.3 Å². The second kappa shape index (κ2) is 44.4. The lowest BCUT2D eigenvalue weighted by Crippen LogP contribution is -2.35. The first-order chi connectivity index (χ1) is 67.8. The van der Waals surface area contributed by atoms with Crippen molar-refractivity contribution in [3.8, 4) is 0 Å². The lowest BCUT2D eigenvalue weighted by atomic mass is 10.1. The third-order valence-electron chi connectivity index (χ3n) is 23.8. The van der Waals surface area contributed by atoms with E-state index in [9.17, 15) is 81.9 Å². The van der Waals surface area contributed by atoms with Gasteiger partial charge in [0.2, 0.25) is 0 Å². The number of anilines is 2. The largest absolute Gasteiger partial charge is 0.780 e. The molecule has 788 valence electrons. The summed E-state index contributed by atoms with van der Waals surface area (Å²) in [5.41, 5.74) is 4.55. The molecule has 0 spiro atoms. The van der Waals surface area contributed by atoms with Gasteiger partial charge in [0.15, 0.2) is 29.7 Å². The molecule has 0 saturated carbocycles. The van der Waals surface area contributed by atoms with Crippen LogP contribution in [0.2, 0.25) is 0 Å². The van der Waals surface area contributed by atoms with Crippen molar-refractivity contribution in [3.63, 3.8) is 0 Å². The molecule has 7 aliphatic heterocycles. The quantitative estimate of drug-likeness (QED) is 0.0150. The monoisotopic (exact) mass is 2280 g/mol. The Morgan fingerprint density at radius 3 is 0.806 bits per heavy atom. The van der Waals surface area contributed by atoms with E-state index < -0.39 is 291 Å². The molecule has 7 aliphatic rings. The van der Waals surface area contributed by atoms with E-state index in [1.165, 1.54) is 70.6 Å². The second-order valence-electron chi connectivity index (χ2n) is 33.6. The van der Waals surface area contributed by atoms with Gasteiger partial charge < -0.3 is 150 Å². The molecule has 0 amide bonds. The Hall–Kier alpha value is -6.50. The molecule has 16 rings (SSSR count). The van der Waals surface area contributed by atoms with Crippen LogP contribution in [-0.2, 0) is 184 Å². The van der Waals surface area contributed by atoms with Gasteiger partial charge in [-0.3, -0.25) is 85.4 Å². The van der Waals surface area contributed by atoms with Crippen molar-refractivity contribution in [2.75, 3.05) is 58.2 Å². The topological polar surface area (TPSA) is 763 Å². The average molecular weight is 2280 g/mol. The molecule has 9 aromatic rings. The molecule has 0 aromatic carbocycles. The Kier molecular flexibility index (Phi) is 34.0. The maximum atomic E-state index is 15.0. The number of nitrogens with one attached hydrogen (secondary N) is 5. The van der Waals surface area contributed by atoms with Crippen LogP contribution in [0.15, 0.2) is 104 Å². The van der Waals surface area contributed by atoms with Crippen LogP contribution < -0.4 is 97.1 Å². The predicted molar refractivity (Wildman–Crippen MR) is 507 cm³/mol. The van der Waals surface area contributed by atoms with Crippen LogP contribution in [-0.4, -0.2) is 219 Å². The van der Waals surface area contributed by atoms with Crippen LogP contribution >= 0.6 is 47.1 Å². The minimum atomic E-state index is -5.09. The third kappa shape index (κ3) is 25.9. The summed E-state index contributed by atoms with van der Waals surface area (Å²) in [7, 11) is 1.00. The number of rotatable bonds is 41. The molecule has 0 radical (unpaired) electrons. The standard InChI is InChI=1S/C72H95N20O38P7S7/c1-8-36-37(9-55(117-36)91-29-79-57-59(73)75-27-77-61(57)91)125-132(104,139)111-22-45-39(11-51(119-45)87-17-32(3)64(94)82-69(87)99)129-136(108,143)116-26-49-43(15-56(123-49)92-30-80-58-60(74)76-28-78-62(58)92)130-137(109,144)115-25-48-42(14-54(122-48)90-20-35(6)67(97)85-72(90)102)128-135(107,142)114-24-47-41(13-53(121-47)89-19-34(5)66(96)84-71(89)101)127-134(106,141)113-23-46-40(12-52(120-46)88-18-33(4)65(95)83-70(88)100)126-133(105,140)112-21-44-38(124-131(103,138)110-7)10-50(118-44)86-16-31(2)63(93)81-68(86)98/h16-20,27-30,36-56H,8-15,21-26H2,1-7H3,(H,103,138)(H,104,139)(H,105,140)(H,106,141)(H,107,142)(H,108,143)(H,109,144)(H2,73,75,77)(H2,74,76,78)(H,81,93,98)(H,82,94,99)(H,83,95,100)(H,84,96,101)(H,85,97,102)/p-7/t36-,37?,38?,39?,40?,41?,42?,43?,44-,45-,46-,47-,48-,49-,50-,51-,52-,53-,54-,55-,56-,131?,132?,133?,134?,135?,136?,137?/m1/s1. The van der Waals surface area contributed by atoms with Crippen molar-refractivity contribution in [1.29, 1.82) is 0 Å². The summed E-state index contributed by atoms with van der Waals surface area (Å²) in [5.74, 6) is 0.0720. The Morgan fingerprint density at radius 1 is 0.347 bits per heavy atom. The molecule has 72 heteroatoms. The summed E-state index contributed by atoms with van der Waals surface area (Å²) in [6, 6.07) is 0. The van der Waals surface area contributed by atoms with E-state index in [1.807, 2.05) is 0 Å². The van der Waals surface area contributed by atoms with E-state index in [0.717, 1.165) is 54.9 Å². The second-order valence-corrected chi connectivity index (χ2v) is 52.7. The smallest absolute Gasteiger partial charge is 0.330 e. The molecule has 28 atom stereocenters. The summed E-state index contributed by atoms with van der Waals surface area (Å²) in [6.07, 6.45) is -20.2. The third-order valence-corrected chi connectivity index (χ3v) is 34.9. The summed E-state index contributed by atoms with van der Waals surface area (Å²) in [5, 5.41) is 0. The first-order valence-electron chi connectivity index (χ1n) is 43.2. The molecule has 7 fully saturated rings. The fourth-order valence-electron chi connectivity index (χ4n) is 16.7. The lowest BCUT2D eigenvalue weighted by Gasteiger charge is -2.36. The van der Waals surface area contributed by atoms with Crippen LogP contribution in [0.5, 0.6) is 0 Å². The summed E-state index contributed by atoms with van der Waals surface area (Å²) < 4.78 is 148. The van der Waals surface area contributed by atoms with E-state index >= 15 is 0 Å². The van der Waals surface area contributed by atoms with Crippen molar-refractivity contribution >= 4 is 164 Å². The summed E-state index contributed by atoms with van der Waals surface area (Å²) in [6.45, 7) is -30.4. The molecule has 0 aliphatic carbocycles. The van der Waals surface area contributed by atoms with Gasteiger partial charge in [0.1, 0.15) is 144 Å². The zero-order chi connectivity index (χ0) is 104.